The van der Waals surface area contributed by atoms with Crippen LogP contribution in [0.1, 0.15) is 77.2 Å². The van der Waals surface area contributed by atoms with E-state index in [1.165, 1.54) is 63.0 Å². The molecule has 0 saturated heterocycles. The first-order valence-corrected chi connectivity index (χ1v) is 14.7. The van der Waals surface area contributed by atoms with Gasteiger partial charge in [-0.05, 0) is 95.8 Å². The lowest BCUT2D eigenvalue weighted by atomic mass is 9.96. The number of hydrogen-bond donors (Lipinski definition) is 0. The third-order valence-electron chi connectivity index (χ3n) is 7.58. The van der Waals surface area contributed by atoms with Crippen molar-refractivity contribution in [1.82, 2.24) is 9.80 Å². The zero-order valence-corrected chi connectivity index (χ0v) is 25.2. The summed E-state index contributed by atoms with van der Waals surface area (Å²) in [5, 5.41) is 0. The van der Waals surface area contributed by atoms with E-state index in [-0.39, 0.29) is 0 Å². The minimum atomic E-state index is 0.382. The molecule has 1 unspecified atom stereocenters. The highest BCUT2D eigenvalue weighted by atomic mass is 79.9. The van der Waals surface area contributed by atoms with E-state index in [0.717, 1.165) is 37.1 Å². The second-order valence-corrected chi connectivity index (χ2v) is 11.8. The van der Waals surface area contributed by atoms with Crippen molar-refractivity contribution in [1.29, 1.82) is 0 Å². The summed E-state index contributed by atoms with van der Waals surface area (Å²) < 4.78 is 1.16. The van der Waals surface area contributed by atoms with E-state index in [1.54, 1.807) is 0 Å². The van der Waals surface area contributed by atoms with Crippen molar-refractivity contribution in [2.45, 2.75) is 73.4 Å². The molecule has 4 rings (SSSR count). The van der Waals surface area contributed by atoms with Crippen molar-refractivity contribution < 1.29 is 0 Å². The summed E-state index contributed by atoms with van der Waals surface area (Å²) >= 11 is 3.72. The maximum absolute atomic E-state index is 3.72. The number of aryl methyl sites for hydroxylation is 4. The maximum atomic E-state index is 3.72. The van der Waals surface area contributed by atoms with Gasteiger partial charge in [0, 0.05) is 28.8 Å². The fraction of sp³-hybridized carbons (Fsp3) is 0.412. The van der Waals surface area contributed by atoms with Crippen molar-refractivity contribution in [3.8, 4) is 0 Å². The number of hydrogen-bond acceptors (Lipinski definition) is 2. The van der Waals surface area contributed by atoms with Crippen molar-refractivity contribution >= 4 is 21.6 Å². The lowest BCUT2D eigenvalue weighted by Crippen LogP contribution is -2.27. The van der Waals surface area contributed by atoms with E-state index in [1.807, 2.05) is 0 Å². The molecule has 0 spiro atoms. The second kappa shape index (κ2) is 12.5. The fourth-order valence-corrected chi connectivity index (χ4v) is 6.51. The Balaban J connectivity index is 1.46. The molecule has 196 valence electrons. The lowest BCUT2D eigenvalue weighted by Gasteiger charge is -2.29. The molecule has 1 heterocycles. The van der Waals surface area contributed by atoms with Gasteiger partial charge in [-0.15, -0.1) is 0 Å². The predicted octanol–water partition coefficient (Wildman–Crippen LogP) is 8.95. The van der Waals surface area contributed by atoms with Crippen LogP contribution in [0.15, 0.2) is 65.1 Å². The van der Waals surface area contributed by atoms with Crippen LogP contribution in [0.25, 0.3) is 5.70 Å². The van der Waals surface area contributed by atoms with Crippen LogP contribution >= 0.6 is 15.9 Å². The molecule has 0 radical (unpaired) electrons. The number of allylic oxidation sites excluding steroid dienone is 1. The SMILES string of the molecule is C/C=C1/c2cc(Br)ccc2C(Cc2cc(C)cc(C)c2)N1CCCCN(CC)Cc1cc(C)cc(C)c1. The Labute approximate surface area is 233 Å². The van der Waals surface area contributed by atoms with Crippen LogP contribution in [-0.4, -0.2) is 29.4 Å². The smallest absolute Gasteiger partial charge is 0.0589 e. The van der Waals surface area contributed by atoms with E-state index < -0.39 is 0 Å². The highest BCUT2D eigenvalue weighted by Crippen LogP contribution is 2.44. The molecular weight excluding hydrogens is 516 g/mol. The highest BCUT2D eigenvalue weighted by molar-refractivity contribution is 9.10. The zero-order chi connectivity index (χ0) is 26.5. The molecule has 0 amide bonds. The van der Waals surface area contributed by atoms with Crippen molar-refractivity contribution in [3.05, 3.63) is 110 Å². The Morgan fingerprint density at radius 2 is 1.46 bits per heavy atom. The average molecular weight is 560 g/mol. The summed E-state index contributed by atoms with van der Waals surface area (Å²) in [7, 11) is 0. The normalized spacial score (nSPS) is 16.2. The molecule has 1 aliphatic heterocycles. The van der Waals surface area contributed by atoms with Crippen LogP contribution in [0.4, 0.5) is 0 Å². The molecule has 3 aromatic rings. The van der Waals surface area contributed by atoms with Crippen LogP contribution in [0.3, 0.4) is 0 Å². The van der Waals surface area contributed by atoms with E-state index >= 15 is 0 Å². The number of nitrogens with zero attached hydrogens (tertiary/aromatic N) is 2. The Hall–Kier alpha value is -2.36. The summed E-state index contributed by atoms with van der Waals surface area (Å²) in [6, 6.07) is 21.2. The second-order valence-electron chi connectivity index (χ2n) is 10.9. The highest BCUT2D eigenvalue weighted by Gasteiger charge is 2.33. The summed E-state index contributed by atoms with van der Waals surface area (Å²) in [5.74, 6) is 0. The Bertz CT molecular complexity index is 1220. The molecule has 0 aliphatic carbocycles. The largest absolute Gasteiger partial charge is 0.364 e. The van der Waals surface area contributed by atoms with E-state index in [2.05, 4.69) is 128 Å². The first-order chi connectivity index (χ1) is 17.8. The van der Waals surface area contributed by atoms with Crippen molar-refractivity contribution in [2.24, 2.45) is 0 Å². The van der Waals surface area contributed by atoms with Crippen molar-refractivity contribution in [2.75, 3.05) is 19.6 Å². The van der Waals surface area contributed by atoms with Gasteiger partial charge in [0.1, 0.15) is 0 Å². The van der Waals surface area contributed by atoms with Gasteiger partial charge < -0.3 is 4.90 Å². The quantitative estimate of drug-likeness (QED) is 0.229. The number of benzene rings is 3. The van der Waals surface area contributed by atoms with E-state index in [4.69, 9.17) is 0 Å². The summed E-state index contributed by atoms with van der Waals surface area (Å²) in [5.41, 5.74) is 12.5. The Morgan fingerprint density at radius 1 is 0.838 bits per heavy atom. The summed E-state index contributed by atoms with van der Waals surface area (Å²) in [6.45, 7) is 17.7. The molecule has 0 N–H and O–H groups in total. The minimum Gasteiger partial charge on any atom is -0.364 e. The summed E-state index contributed by atoms with van der Waals surface area (Å²) in [4.78, 5) is 5.27. The van der Waals surface area contributed by atoms with Gasteiger partial charge in [0.2, 0.25) is 0 Å². The standard InChI is InChI=1S/C34H43BrN2/c1-7-33-32-22-30(35)11-12-31(32)34(21-28-17-24(3)15-25(4)18-28)37(33)14-10-9-13-36(8-2)23-29-19-26(5)16-27(6)20-29/h7,11-12,15-20,22,34H,8-10,13-14,21,23H2,1-6H3/b33-7-. The molecular formula is C34H43BrN2. The first kappa shape index (κ1) is 27.7. The van der Waals surface area contributed by atoms with Gasteiger partial charge in [0.15, 0.2) is 0 Å². The van der Waals surface area contributed by atoms with Gasteiger partial charge in [-0.1, -0.05) is 93.6 Å². The Morgan fingerprint density at radius 3 is 2.05 bits per heavy atom. The monoisotopic (exact) mass is 558 g/mol. The molecule has 2 nitrogen and oxygen atoms in total. The molecule has 3 aromatic carbocycles. The van der Waals surface area contributed by atoms with Crippen LogP contribution in [-0.2, 0) is 13.0 Å². The van der Waals surface area contributed by atoms with Crippen LogP contribution in [0.2, 0.25) is 0 Å². The molecule has 0 bridgehead atoms. The van der Waals surface area contributed by atoms with Gasteiger partial charge in [0.25, 0.3) is 0 Å². The van der Waals surface area contributed by atoms with Gasteiger partial charge in [-0.2, -0.15) is 0 Å². The van der Waals surface area contributed by atoms with Gasteiger partial charge in [-0.3, -0.25) is 4.90 Å². The van der Waals surface area contributed by atoms with Crippen molar-refractivity contribution in [3.63, 3.8) is 0 Å². The lowest BCUT2D eigenvalue weighted by molar-refractivity contribution is 0.257. The molecule has 0 fully saturated rings. The fourth-order valence-electron chi connectivity index (χ4n) is 6.14. The predicted molar refractivity (Wildman–Crippen MR) is 163 cm³/mol. The minimum absolute atomic E-state index is 0.382. The third kappa shape index (κ3) is 6.94. The maximum Gasteiger partial charge on any atom is 0.0589 e. The van der Waals surface area contributed by atoms with Gasteiger partial charge >= 0.3 is 0 Å². The van der Waals surface area contributed by atoms with Crippen LogP contribution in [0, 0.1) is 27.7 Å². The number of rotatable bonds is 10. The van der Waals surface area contributed by atoms with E-state index in [9.17, 15) is 0 Å². The number of unbranched alkanes of at least 4 members (excludes halogenated alkanes) is 1. The topological polar surface area (TPSA) is 6.48 Å². The molecule has 1 aliphatic rings. The molecule has 37 heavy (non-hydrogen) atoms. The first-order valence-electron chi connectivity index (χ1n) is 13.9. The van der Waals surface area contributed by atoms with Gasteiger partial charge in [-0.25, -0.2) is 0 Å². The number of halogens is 1. The Kier molecular flexibility index (Phi) is 9.31. The molecule has 1 atom stereocenters. The van der Waals surface area contributed by atoms with Crippen LogP contribution in [0.5, 0.6) is 0 Å². The summed E-state index contributed by atoms with van der Waals surface area (Å²) in [6.07, 6.45) is 5.76. The number of fused-ring (bicyclic) bond motifs is 1. The van der Waals surface area contributed by atoms with Gasteiger partial charge in [0.05, 0.1) is 6.04 Å². The average Bonchev–Trinajstić information content (AvgIpc) is 3.11. The zero-order valence-electron chi connectivity index (χ0n) is 23.6. The molecule has 3 heteroatoms. The van der Waals surface area contributed by atoms with E-state index in [0.29, 0.717) is 6.04 Å². The third-order valence-corrected chi connectivity index (χ3v) is 8.07. The van der Waals surface area contributed by atoms with Crippen LogP contribution < -0.4 is 0 Å². The molecule has 0 aromatic heterocycles. The molecule has 0 saturated carbocycles.